The summed E-state index contributed by atoms with van der Waals surface area (Å²) in [4.78, 5) is 2.41. The largest absolute Gasteiger partial charge is 0.390 e. The number of nitrogens with zero attached hydrogens (tertiary/aromatic N) is 1. The van der Waals surface area contributed by atoms with E-state index in [1.165, 1.54) is 16.8 Å². The molecule has 0 aromatic heterocycles. The normalized spacial score (nSPS) is 15.4. The van der Waals surface area contributed by atoms with Gasteiger partial charge in [0.15, 0.2) is 0 Å². The first-order valence-corrected chi connectivity index (χ1v) is 6.09. The Morgan fingerprint density at radius 3 is 2.75 bits per heavy atom. The molecule has 1 heterocycles. The molecular formula is C14H21NO. The number of hydrogen-bond donors (Lipinski definition) is 1. The van der Waals surface area contributed by atoms with E-state index in [9.17, 15) is 5.11 Å². The minimum Gasteiger partial charge on any atom is -0.390 e. The van der Waals surface area contributed by atoms with Gasteiger partial charge >= 0.3 is 0 Å². The predicted octanol–water partition coefficient (Wildman–Crippen LogP) is 2.38. The zero-order chi connectivity index (χ0) is 11.8. The van der Waals surface area contributed by atoms with Crippen molar-refractivity contribution in [2.75, 3.05) is 18.0 Å². The molecule has 0 radical (unpaired) electrons. The highest BCUT2D eigenvalue weighted by molar-refractivity contribution is 5.63. The summed E-state index contributed by atoms with van der Waals surface area (Å²) in [6.45, 7) is 8.11. The smallest absolute Gasteiger partial charge is 0.0632 e. The fourth-order valence-electron chi connectivity index (χ4n) is 2.54. The average Bonchev–Trinajstić information content (AvgIpc) is 2.59. The minimum atomic E-state index is -0.628. The van der Waals surface area contributed by atoms with Gasteiger partial charge in [0.05, 0.1) is 5.60 Å². The van der Waals surface area contributed by atoms with Crippen LogP contribution in [-0.4, -0.2) is 23.8 Å². The molecule has 0 atom stereocenters. The van der Waals surface area contributed by atoms with E-state index >= 15 is 0 Å². The van der Waals surface area contributed by atoms with E-state index in [4.69, 9.17) is 0 Å². The number of likely N-dealkylation sites (N-methyl/N-ethyl adjacent to an activating group) is 1. The van der Waals surface area contributed by atoms with Crippen LogP contribution in [0.25, 0.3) is 0 Å². The van der Waals surface area contributed by atoms with E-state index < -0.39 is 5.60 Å². The van der Waals surface area contributed by atoms with Crippen LogP contribution < -0.4 is 4.90 Å². The van der Waals surface area contributed by atoms with Crippen molar-refractivity contribution in [1.82, 2.24) is 0 Å². The molecule has 1 aliphatic heterocycles. The number of fused-ring (bicyclic) bond motifs is 1. The van der Waals surface area contributed by atoms with Gasteiger partial charge in [0.2, 0.25) is 0 Å². The van der Waals surface area contributed by atoms with Crippen LogP contribution in [0.5, 0.6) is 0 Å². The molecule has 0 saturated carbocycles. The maximum Gasteiger partial charge on any atom is 0.0632 e. The SMILES string of the molecule is CCN1CCc2cccc(CC(C)(C)O)c21. The molecule has 2 rings (SSSR count). The summed E-state index contributed by atoms with van der Waals surface area (Å²) in [5.74, 6) is 0. The summed E-state index contributed by atoms with van der Waals surface area (Å²) in [7, 11) is 0. The van der Waals surface area contributed by atoms with E-state index in [0.29, 0.717) is 0 Å². The van der Waals surface area contributed by atoms with Gasteiger partial charge < -0.3 is 10.0 Å². The van der Waals surface area contributed by atoms with Gasteiger partial charge in [-0.3, -0.25) is 0 Å². The number of hydrogen-bond acceptors (Lipinski definition) is 2. The quantitative estimate of drug-likeness (QED) is 0.843. The van der Waals surface area contributed by atoms with Crippen molar-refractivity contribution in [3.05, 3.63) is 29.3 Å². The van der Waals surface area contributed by atoms with Crippen LogP contribution >= 0.6 is 0 Å². The number of rotatable bonds is 3. The van der Waals surface area contributed by atoms with Crippen molar-refractivity contribution in [3.8, 4) is 0 Å². The molecule has 0 saturated heterocycles. The second-order valence-corrected chi connectivity index (χ2v) is 5.24. The van der Waals surface area contributed by atoms with Crippen molar-refractivity contribution < 1.29 is 5.11 Å². The van der Waals surface area contributed by atoms with E-state index in [2.05, 4.69) is 30.0 Å². The highest BCUT2D eigenvalue weighted by Gasteiger charge is 2.23. The third-order valence-electron chi connectivity index (χ3n) is 3.18. The van der Waals surface area contributed by atoms with Crippen molar-refractivity contribution in [2.45, 2.75) is 39.2 Å². The van der Waals surface area contributed by atoms with Crippen LogP contribution in [-0.2, 0) is 12.8 Å². The van der Waals surface area contributed by atoms with Gasteiger partial charge in [0.25, 0.3) is 0 Å². The van der Waals surface area contributed by atoms with Gasteiger partial charge in [0.1, 0.15) is 0 Å². The Balaban J connectivity index is 2.36. The maximum atomic E-state index is 9.94. The molecule has 1 aromatic carbocycles. The second-order valence-electron chi connectivity index (χ2n) is 5.24. The monoisotopic (exact) mass is 219 g/mol. The van der Waals surface area contributed by atoms with Crippen LogP contribution in [0, 0.1) is 0 Å². The van der Waals surface area contributed by atoms with E-state index in [0.717, 1.165) is 25.9 Å². The highest BCUT2D eigenvalue weighted by Crippen LogP contribution is 2.33. The number of anilines is 1. The summed E-state index contributed by atoms with van der Waals surface area (Å²) < 4.78 is 0. The van der Waals surface area contributed by atoms with Gasteiger partial charge in [-0.1, -0.05) is 18.2 Å². The van der Waals surface area contributed by atoms with Crippen LogP contribution in [0.2, 0.25) is 0 Å². The van der Waals surface area contributed by atoms with E-state index in [1.807, 2.05) is 13.8 Å². The molecule has 2 nitrogen and oxygen atoms in total. The van der Waals surface area contributed by atoms with Crippen LogP contribution in [0.4, 0.5) is 5.69 Å². The molecule has 1 aliphatic rings. The lowest BCUT2D eigenvalue weighted by Gasteiger charge is -2.24. The van der Waals surface area contributed by atoms with Crippen LogP contribution in [0.15, 0.2) is 18.2 Å². The topological polar surface area (TPSA) is 23.5 Å². The third-order valence-corrected chi connectivity index (χ3v) is 3.18. The number of aliphatic hydroxyl groups is 1. The van der Waals surface area contributed by atoms with E-state index in [1.54, 1.807) is 0 Å². The maximum absolute atomic E-state index is 9.94. The zero-order valence-corrected chi connectivity index (χ0v) is 10.5. The lowest BCUT2D eigenvalue weighted by molar-refractivity contribution is 0.0811. The lowest BCUT2D eigenvalue weighted by Crippen LogP contribution is -2.25. The Labute approximate surface area is 97.9 Å². The molecular weight excluding hydrogens is 198 g/mol. The molecule has 88 valence electrons. The van der Waals surface area contributed by atoms with Crippen molar-refractivity contribution in [2.24, 2.45) is 0 Å². The molecule has 0 amide bonds. The fourth-order valence-corrected chi connectivity index (χ4v) is 2.54. The Hall–Kier alpha value is -1.02. The Kier molecular flexibility index (Phi) is 2.94. The van der Waals surface area contributed by atoms with Gasteiger partial charge in [-0.2, -0.15) is 0 Å². The molecule has 1 N–H and O–H groups in total. The van der Waals surface area contributed by atoms with Crippen LogP contribution in [0.3, 0.4) is 0 Å². The molecule has 1 aromatic rings. The summed E-state index contributed by atoms with van der Waals surface area (Å²) in [6, 6.07) is 6.46. The van der Waals surface area contributed by atoms with E-state index in [-0.39, 0.29) is 0 Å². The average molecular weight is 219 g/mol. The van der Waals surface area contributed by atoms with Gasteiger partial charge in [0, 0.05) is 25.2 Å². The number of para-hydroxylation sites is 1. The zero-order valence-electron chi connectivity index (χ0n) is 10.5. The minimum absolute atomic E-state index is 0.628. The first kappa shape index (κ1) is 11.5. The molecule has 0 fully saturated rings. The molecule has 0 spiro atoms. The van der Waals surface area contributed by atoms with Gasteiger partial charge in [-0.05, 0) is 38.3 Å². The van der Waals surface area contributed by atoms with Crippen molar-refractivity contribution >= 4 is 5.69 Å². The first-order valence-electron chi connectivity index (χ1n) is 6.09. The predicted molar refractivity (Wildman–Crippen MR) is 68.0 cm³/mol. The second kappa shape index (κ2) is 4.10. The Bertz CT molecular complexity index is 379. The summed E-state index contributed by atoms with van der Waals surface area (Å²) in [5.41, 5.74) is 3.46. The molecule has 0 aliphatic carbocycles. The van der Waals surface area contributed by atoms with Crippen molar-refractivity contribution in [3.63, 3.8) is 0 Å². The lowest BCUT2D eigenvalue weighted by atomic mass is 9.95. The standard InChI is InChI=1S/C14H21NO/c1-4-15-9-8-11-6-5-7-12(13(11)15)10-14(2,3)16/h5-7,16H,4,8-10H2,1-3H3. The summed E-state index contributed by atoms with van der Waals surface area (Å²) in [5, 5.41) is 9.94. The highest BCUT2D eigenvalue weighted by atomic mass is 16.3. The Morgan fingerprint density at radius 2 is 2.12 bits per heavy atom. The number of benzene rings is 1. The summed E-state index contributed by atoms with van der Waals surface area (Å²) in [6.07, 6.45) is 1.87. The molecule has 2 heteroatoms. The molecule has 0 unspecified atom stereocenters. The third kappa shape index (κ3) is 2.22. The fraction of sp³-hybridized carbons (Fsp3) is 0.571. The summed E-state index contributed by atoms with van der Waals surface area (Å²) >= 11 is 0. The van der Waals surface area contributed by atoms with Gasteiger partial charge in [-0.25, -0.2) is 0 Å². The first-order chi connectivity index (χ1) is 7.51. The Morgan fingerprint density at radius 1 is 1.38 bits per heavy atom. The van der Waals surface area contributed by atoms with Gasteiger partial charge in [-0.15, -0.1) is 0 Å². The van der Waals surface area contributed by atoms with Crippen molar-refractivity contribution in [1.29, 1.82) is 0 Å². The molecule has 16 heavy (non-hydrogen) atoms. The molecule has 0 bridgehead atoms. The van der Waals surface area contributed by atoms with Crippen LogP contribution in [0.1, 0.15) is 31.9 Å².